The highest BCUT2D eigenvalue weighted by Gasteiger charge is 2.11. The van der Waals surface area contributed by atoms with Crippen molar-refractivity contribution in [2.45, 2.75) is 45.2 Å². The average Bonchev–Trinajstić information content (AvgIpc) is 2.81. The van der Waals surface area contributed by atoms with Gasteiger partial charge in [0.25, 0.3) is 0 Å². The van der Waals surface area contributed by atoms with Gasteiger partial charge >= 0.3 is 0 Å². The number of nitrogens with one attached hydrogen (secondary N) is 1. The fourth-order valence-corrected chi connectivity index (χ4v) is 2.52. The van der Waals surface area contributed by atoms with Gasteiger partial charge in [0.15, 0.2) is 0 Å². The van der Waals surface area contributed by atoms with Crippen LogP contribution in [0.25, 0.3) is 0 Å². The second-order valence-corrected chi connectivity index (χ2v) is 4.90. The third-order valence-electron chi connectivity index (χ3n) is 3.62. The van der Waals surface area contributed by atoms with Crippen molar-refractivity contribution < 1.29 is 4.74 Å². The number of methoxy groups -OCH3 is 1. The molecule has 1 aliphatic rings. The van der Waals surface area contributed by atoms with Gasteiger partial charge in [0, 0.05) is 19.7 Å². The minimum Gasteiger partial charge on any atom is -0.383 e. The highest BCUT2D eigenvalue weighted by atomic mass is 16.5. The van der Waals surface area contributed by atoms with E-state index in [1.807, 2.05) is 0 Å². The Hall–Kier alpha value is -0.860. The van der Waals surface area contributed by atoms with E-state index in [1.54, 1.807) is 18.2 Å². The summed E-state index contributed by atoms with van der Waals surface area (Å²) in [7, 11) is 1.76. The van der Waals surface area contributed by atoms with Gasteiger partial charge in [-0.05, 0) is 42.4 Å². The molecule has 0 radical (unpaired) electrons. The van der Waals surface area contributed by atoms with Crippen molar-refractivity contribution in [3.8, 4) is 0 Å². The van der Waals surface area contributed by atoms with Crippen molar-refractivity contribution in [1.29, 1.82) is 0 Å². The van der Waals surface area contributed by atoms with Gasteiger partial charge in [0.05, 0.1) is 6.61 Å². The Morgan fingerprint density at radius 3 is 2.88 bits per heavy atom. The lowest BCUT2D eigenvalue weighted by Gasteiger charge is -2.16. The van der Waals surface area contributed by atoms with Crippen LogP contribution >= 0.6 is 0 Å². The summed E-state index contributed by atoms with van der Waals surface area (Å²) < 4.78 is 5.19. The van der Waals surface area contributed by atoms with Gasteiger partial charge in [-0.25, -0.2) is 0 Å². The van der Waals surface area contributed by atoms with Gasteiger partial charge in [-0.2, -0.15) is 0 Å². The third kappa shape index (κ3) is 3.30. The van der Waals surface area contributed by atoms with Crippen molar-refractivity contribution in [2.24, 2.45) is 0 Å². The molecule has 0 aromatic heterocycles. The predicted octanol–water partition coefficient (Wildman–Crippen LogP) is 2.69. The van der Waals surface area contributed by atoms with Crippen molar-refractivity contribution in [1.82, 2.24) is 5.32 Å². The molecule has 1 atom stereocenters. The number of aryl methyl sites for hydroxylation is 2. The van der Waals surface area contributed by atoms with Crippen LogP contribution in [0.2, 0.25) is 0 Å². The van der Waals surface area contributed by atoms with Gasteiger partial charge in [-0.3, -0.25) is 0 Å². The van der Waals surface area contributed by atoms with E-state index in [2.05, 4.69) is 30.4 Å². The van der Waals surface area contributed by atoms with Crippen molar-refractivity contribution in [3.05, 3.63) is 34.9 Å². The van der Waals surface area contributed by atoms with Crippen LogP contribution in [-0.2, 0) is 24.1 Å². The molecular weight excluding hydrogens is 210 g/mol. The molecule has 1 aromatic carbocycles. The number of ether oxygens (including phenoxy) is 1. The lowest BCUT2D eigenvalue weighted by atomic mass is 10.1. The van der Waals surface area contributed by atoms with Crippen LogP contribution in [0.5, 0.6) is 0 Å². The Labute approximate surface area is 104 Å². The molecule has 1 N–H and O–H groups in total. The molecule has 94 valence electrons. The SMILES string of the molecule is CCC(COC)NCc1ccc2c(c1)CCC2. The highest BCUT2D eigenvalue weighted by Crippen LogP contribution is 2.22. The number of hydrogen-bond acceptors (Lipinski definition) is 2. The van der Waals surface area contributed by atoms with E-state index in [1.165, 1.54) is 24.8 Å². The Morgan fingerprint density at radius 1 is 1.29 bits per heavy atom. The molecule has 1 aliphatic carbocycles. The van der Waals surface area contributed by atoms with Crippen LogP contribution in [0.15, 0.2) is 18.2 Å². The summed E-state index contributed by atoms with van der Waals surface area (Å²) in [6, 6.07) is 7.40. The molecule has 0 amide bonds. The van der Waals surface area contributed by atoms with Crippen LogP contribution in [0.3, 0.4) is 0 Å². The molecule has 0 fully saturated rings. The van der Waals surface area contributed by atoms with Gasteiger partial charge in [-0.15, -0.1) is 0 Å². The van der Waals surface area contributed by atoms with Gasteiger partial charge in [0.1, 0.15) is 0 Å². The molecule has 2 nitrogen and oxygen atoms in total. The number of fused-ring (bicyclic) bond motifs is 1. The molecule has 0 aliphatic heterocycles. The molecule has 0 saturated carbocycles. The zero-order valence-corrected chi connectivity index (χ0v) is 11.0. The van der Waals surface area contributed by atoms with Gasteiger partial charge in [0.2, 0.25) is 0 Å². The first-order chi connectivity index (χ1) is 8.33. The molecular formula is C15H23NO. The van der Waals surface area contributed by atoms with Gasteiger partial charge in [-0.1, -0.05) is 25.1 Å². The largest absolute Gasteiger partial charge is 0.383 e. The highest BCUT2D eigenvalue weighted by molar-refractivity contribution is 5.35. The summed E-state index contributed by atoms with van der Waals surface area (Å²) in [4.78, 5) is 0. The van der Waals surface area contributed by atoms with Crippen molar-refractivity contribution in [3.63, 3.8) is 0 Å². The molecule has 0 heterocycles. The smallest absolute Gasteiger partial charge is 0.0615 e. The van der Waals surface area contributed by atoms with Crippen molar-refractivity contribution in [2.75, 3.05) is 13.7 Å². The zero-order chi connectivity index (χ0) is 12.1. The topological polar surface area (TPSA) is 21.3 Å². The zero-order valence-electron chi connectivity index (χ0n) is 11.0. The summed E-state index contributed by atoms with van der Waals surface area (Å²) in [5.74, 6) is 0. The first kappa shape index (κ1) is 12.6. The van der Waals surface area contributed by atoms with E-state index in [4.69, 9.17) is 4.74 Å². The molecule has 2 rings (SSSR count). The summed E-state index contributed by atoms with van der Waals surface area (Å²) in [5.41, 5.74) is 4.52. The minimum absolute atomic E-state index is 0.466. The normalized spacial score (nSPS) is 15.9. The molecule has 17 heavy (non-hydrogen) atoms. The fourth-order valence-electron chi connectivity index (χ4n) is 2.52. The van der Waals surface area contributed by atoms with Crippen LogP contribution < -0.4 is 5.32 Å². The predicted molar refractivity (Wildman–Crippen MR) is 71.3 cm³/mol. The average molecular weight is 233 g/mol. The number of rotatable bonds is 6. The maximum atomic E-state index is 5.19. The standard InChI is InChI=1S/C15H23NO/c1-3-15(11-17-2)16-10-12-7-8-13-5-4-6-14(13)9-12/h7-9,15-16H,3-6,10-11H2,1-2H3. The first-order valence-corrected chi connectivity index (χ1v) is 6.66. The molecule has 2 heteroatoms. The summed E-state index contributed by atoms with van der Waals surface area (Å²) in [5, 5.41) is 3.55. The lowest BCUT2D eigenvalue weighted by molar-refractivity contribution is 0.164. The van der Waals surface area contributed by atoms with E-state index in [0.29, 0.717) is 6.04 Å². The minimum atomic E-state index is 0.466. The Bertz CT molecular complexity index is 362. The fraction of sp³-hybridized carbons (Fsp3) is 0.600. The van der Waals surface area contributed by atoms with E-state index in [9.17, 15) is 0 Å². The van der Waals surface area contributed by atoms with Crippen LogP contribution in [0, 0.1) is 0 Å². The number of benzene rings is 1. The van der Waals surface area contributed by atoms with Crippen molar-refractivity contribution >= 4 is 0 Å². The third-order valence-corrected chi connectivity index (χ3v) is 3.62. The van der Waals surface area contributed by atoms with Crippen LogP contribution in [-0.4, -0.2) is 19.8 Å². The maximum absolute atomic E-state index is 5.19. The van der Waals surface area contributed by atoms with E-state index in [0.717, 1.165) is 19.6 Å². The maximum Gasteiger partial charge on any atom is 0.0615 e. The molecule has 0 saturated heterocycles. The Kier molecular flexibility index (Phi) is 4.57. The van der Waals surface area contributed by atoms with Gasteiger partial charge < -0.3 is 10.1 Å². The quantitative estimate of drug-likeness (QED) is 0.815. The molecule has 0 bridgehead atoms. The second-order valence-electron chi connectivity index (χ2n) is 4.90. The summed E-state index contributed by atoms with van der Waals surface area (Å²) >= 11 is 0. The molecule has 1 unspecified atom stereocenters. The Morgan fingerprint density at radius 2 is 2.12 bits per heavy atom. The monoisotopic (exact) mass is 233 g/mol. The Balaban J connectivity index is 1.90. The first-order valence-electron chi connectivity index (χ1n) is 6.66. The second kappa shape index (κ2) is 6.18. The van der Waals surface area contributed by atoms with E-state index in [-0.39, 0.29) is 0 Å². The lowest BCUT2D eigenvalue weighted by Crippen LogP contribution is -2.32. The van der Waals surface area contributed by atoms with E-state index < -0.39 is 0 Å². The van der Waals surface area contributed by atoms with Crippen LogP contribution in [0.4, 0.5) is 0 Å². The number of hydrogen-bond donors (Lipinski definition) is 1. The molecule has 1 aromatic rings. The molecule has 0 spiro atoms. The van der Waals surface area contributed by atoms with E-state index >= 15 is 0 Å². The summed E-state index contributed by atoms with van der Waals surface area (Å²) in [6.07, 6.45) is 4.97. The summed E-state index contributed by atoms with van der Waals surface area (Å²) in [6.45, 7) is 3.94. The van der Waals surface area contributed by atoms with Crippen LogP contribution in [0.1, 0.15) is 36.5 Å².